The molecule has 0 spiro atoms. The van der Waals surface area contributed by atoms with E-state index >= 15 is 0 Å². The number of carbonyl (C=O) groups is 1. The van der Waals surface area contributed by atoms with Gasteiger partial charge in [-0.15, -0.1) is 0 Å². The summed E-state index contributed by atoms with van der Waals surface area (Å²) in [6, 6.07) is 2.02. The van der Waals surface area contributed by atoms with E-state index in [0.29, 0.717) is 24.9 Å². The van der Waals surface area contributed by atoms with Crippen LogP contribution in [0.1, 0.15) is 32.6 Å². The third-order valence-corrected chi connectivity index (χ3v) is 4.16. The number of rotatable bonds is 5. The van der Waals surface area contributed by atoms with E-state index in [-0.39, 0.29) is 18.0 Å². The van der Waals surface area contributed by atoms with Crippen molar-refractivity contribution in [1.29, 1.82) is 0 Å². The van der Waals surface area contributed by atoms with Crippen molar-refractivity contribution in [2.24, 2.45) is 5.92 Å². The molecule has 0 aromatic carbocycles. The van der Waals surface area contributed by atoms with E-state index < -0.39 is 5.97 Å². The summed E-state index contributed by atoms with van der Waals surface area (Å²) in [6.07, 6.45) is 5.24. The maximum absolute atomic E-state index is 11.3. The predicted molar refractivity (Wildman–Crippen MR) is 72.8 cm³/mol. The first-order chi connectivity index (χ1) is 9.70. The van der Waals surface area contributed by atoms with Crippen molar-refractivity contribution in [1.82, 2.24) is 9.97 Å². The molecule has 1 aromatic rings. The summed E-state index contributed by atoms with van der Waals surface area (Å²) in [7, 11) is 0. The number of hydrogen-bond donors (Lipinski definition) is 1. The van der Waals surface area contributed by atoms with Gasteiger partial charge in [0, 0.05) is 24.3 Å². The monoisotopic (exact) mass is 277 g/mol. The number of fused-ring (bicyclic) bond motifs is 2. The molecule has 2 aliphatic rings. The topological polar surface area (TPSA) is 75.5 Å². The smallest absolute Gasteiger partial charge is 0.308 e. The Bertz CT molecular complexity index is 508. The van der Waals surface area contributed by atoms with Gasteiger partial charge in [-0.05, 0) is 25.7 Å². The summed E-state index contributed by atoms with van der Waals surface area (Å²) in [5, 5.41) is 9.28. The molecule has 2 fully saturated rings. The Morgan fingerprint density at radius 2 is 2.40 bits per heavy atom. The highest BCUT2D eigenvalue weighted by Gasteiger charge is 2.50. The first-order valence-corrected chi connectivity index (χ1v) is 7.17. The van der Waals surface area contributed by atoms with Crippen LogP contribution in [0.4, 0.5) is 5.95 Å². The van der Waals surface area contributed by atoms with Crippen molar-refractivity contribution in [2.75, 3.05) is 11.5 Å². The van der Waals surface area contributed by atoms with Gasteiger partial charge in [0.1, 0.15) is 0 Å². The van der Waals surface area contributed by atoms with Crippen LogP contribution in [0.2, 0.25) is 0 Å². The SMILES string of the molecule is CCCOc1ccnc(N2C3CCC2C(C(=O)O)C3)n1. The molecule has 1 N–H and O–H groups in total. The molecular formula is C14H19N3O3. The van der Waals surface area contributed by atoms with Crippen molar-refractivity contribution in [3.63, 3.8) is 0 Å². The summed E-state index contributed by atoms with van der Waals surface area (Å²) in [5.74, 6) is 0.169. The van der Waals surface area contributed by atoms with Crippen LogP contribution < -0.4 is 9.64 Å². The Labute approximate surface area is 117 Å². The molecule has 3 atom stereocenters. The van der Waals surface area contributed by atoms with Gasteiger partial charge in [0.25, 0.3) is 0 Å². The number of carboxylic acid groups (broad SMARTS) is 1. The van der Waals surface area contributed by atoms with Crippen LogP contribution in [-0.4, -0.2) is 39.7 Å². The van der Waals surface area contributed by atoms with Crippen LogP contribution in [0.5, 0.6) is 5.88 Å². The minimum Gasteiger partial charge on any atom is -0.481 e. The highest BCUT2D eigenvalue weighted by Crippen LogP contribution is 2.43. The van der Waals surface area contributed by atoms with Crippen LogP contribution in [0, 0.1) is 5.92 Å². The largest absolute Gasteiger partial charge is 0.481 e. The summed E-state index contributed by atoms with van der Waals surface area (Å²) in [6.45, 7) is 2.67. The minimum atomic E-state index is -0.708. The molecule has 3 heterocycles. The lowest BCUT2D eigenvalue weighted by atomic mass is 9.89. The molecule has 20 heavy (non-hydrogen) atoms. The molecule has 2 aliphatic heterocycles. The van der Waals surface area contributed by atoms with E-state index in [1.807, 2.05) is 6.92 Å². The van der Waals surface area contributed by atoms with Crippen LogP contribution >= 0.6 is 0 Å². The Morgan fingerprint density at radius 1 is 1.55 bits per heavy atom. The maximum atomic E-state index is 11.3. The highest BCUT2D eigenvalue weighted by molar-refractivity contribution is 5.73. The molecule has 6 nitrogen and oxygen atoms in total. The number of hydrogen-bond acceptors (Lipinski definition) is 5. The second kappa shape index (κ2) is 5.26. The van der Waals surface area contributed by atoms with Crippen molar-refractivity contribution < 1.29 is 14.6 Å². The summed E-state index contributed by atoms with van der Waals surface area (Å²) < 4.78 is 5.53. The molecule has 3 unspecified atom stereocenters. The van der Waals surface area contributed by atoms with E-state index in [1.54, 1.807) is 12.3 Å². The van der Waals surface area contributed by atoms with E-state index in [4.69, 9.17) is 4.74 Å². The lowest BCUT2D eigenvalue weighted by Gasteiger charge is -2.23. The highest BCUT2D eigenvalue weighted by atomic mass is 16.5. The molecular weight excluding hydrogens is 258 g/mol. The lowest BCUT2D eigenvalue weighted by Crippen LogP contribution is -2.34. The number of ether oxygens (including phenoxy) is 1. The second-order valence-electron chi connectivity index (χ2n) is 5.43. The number of aromatic nitrogens is 2. The fraction of sp³-hybridized carbons (Fsp3) is 0.643. The Hall–Kier alpha value is -1.85. The number of aliphatic carboxylic acids is 1. The molecule has 6 heteroatoms. The average Bonchev–Trinajstić information content (AvgIpc) is 3.03. The standard InChI is InChI=1S/C14H19N3O3/c1-2-7-20-12-5-6-15-14(16-12)17-9-3-4-11(17)10(8-9)13(18)19/h5-6,9-11H,2-4,7-8H2,1H3,(H,18,19). The Morgan fingerprint density at radius 3 is 3.10 bits per heavy atom. The fourth-order valence-electron chi connectivity index (χ4n) is 3.31. The average molecular weight is 277 g/mol. The molecule has 0 amide bonds. The predicted octanol–water partition coefficient (Wildman–Crippen LogP) is 1.71. The van der Waals surface area contributed by atoms with Gasteiger partial charge in [0.05, 0.1) is 12.5 Å². The normalized spacial score (nSPS) is 27.9. The van der Waals surface area contributed by atoms with E-state index in [9.17, 15) is 9.90 Å². The van der Waals surface area contributed by atoms with Crippen LogP contribution in [-0.2, 0) is 4.79 Å². The number of nitrogens with zero attached hydrogens (tertiary/aromatic N) is 3. The first kappa shape index (κ1) is 13.1. The zero-order valence-electron chi connectivity index (χ0n) is 11.5. The molecule has 0 radical (unpaired) electrons. The minimum absolute atomic E-state index is 0.0268. The van der Waals surface area contributed by atoms with Crippen molar-refractivity contribution in [2.45, 2.75) is 44.7 Å². The van der Waals surface area contributed by atoms with E-state index in [0.717, 1.165) is 19.3 Å². The van der Waals surface area contributed by atoms with Crippen LogP contribution in [0.15, 0.2) is 12.3 Å². The van der Waals surface area contributed by atoms with E-state index in [2.05, 4.69) is 14.9 Å². The quantitative estimate of drug-likeness (QED) is 0.883. The maximum Gasteiger partial charge on any atom is 0.308 e. The molecule has 2 saturated heterocycles. The fourth-order valence-corrected chi connectivity index (χ4v) is 3.31. The van der Waals surface area contributed by atoms with Crippen LogP contribution in [0.3, 0.4) is 0 Å². The molecule has 0 aliphatic carbocycles. The lowest BCUT2D eigenvalue weighted by molar-refractivity contribution is -0.142. The third-order valence-electron chi connectivity index (χ3n) is 4.16. The molecule has 2 bridgehead atoms. The Kier molecular flexibility index (Phi) is 3.46. The van der Waals surface area contributed by atoms with Gasteiger partial charge in [-0.1, -0.05) is 6.92 Å². The van der Waals surface area contributed by atoms with Gasteiger partial charge in [-0.3, -0.25) is 4.79 Å². The van der Waals surface area contributed by atoms with E-state index in [1.165, 1.54) is 0 Å². The van der Waals surface area contributed by atoms with Crippen molar-refractivity contribution in [3.8, 4) is 5.88 Å². The molecule has 3 rings (SSSR count). The molecule has 108 valence electrons. The summed E-state index contributed by atoms with van der Waals surface area (Å²) in [5.41, 5.74) is 0. The zero-order valence-corrected chi connectivity index (χ0v) is 11.5. The van der Waals surface area contributed by atoms with Crippen LogP contribution in [0.25, 0.3) is 0 Å². The Balaban J connectivity index is 1.81. The molecule has 0 saturated carbocycles. The van der Waals surface area contributed by atoms with Gasteiger partial charge in [-0.25, -0.2) is 4.98 Å². The second-order valence-corrected chi connectivity index (χ2v) is 5.43. The third kappa shape index (κ3) is 2.19. The summed E-state index contributed by atoms with van der Waals surface area (Å²) in [4.78, 5) is 22.1. The number of carboxylic acids is 1. The van der Waals surface area contributed by atoms with Gasteiger partial charge < -0.3 is 14.7 Å². The zero-order chi connectivity index (χ0) is 14.1. The first-order valence-electron chi connectivity index (χ1n) is 7.17. The van der Waals surface area contributed by atoms with Gasteiger partial charge >= 0.3 is 5.97 Å². The van der Waals surface area contributed by atoms with Gasteiger partial charge in [0.2, 0.25) is 11.8 Å². The number of anilines is 1. The van der Waals surface area contributed by atoms with Gasteiger partial charge in [-0.2, -0.15) is 4.98 Å². The van der Waals surface area contributed by atoms with Crippen molar-refractivity contribution in [3.05, 3.63) is 12.3 Å². The van der Waals surface area contributed by atoms with Gasteiger partial charge in [0.15, 0.2) is 0 Å². The summed E-state index contributed by atoms with van der Waals surface area (Å²) >= 11 is 0. The van der Waals surface area contributed by atoms with Crippen molar-refractivity contribution >= 4 is 11.9 Å². The molecule has 1 aromatic heterocycles.